The van der Waals surface area contributed by atoms with E-state index in [0.29, 0.717) is 26.1 Å². The van der Waals surface area contributed by atoms with E-state index in [0.717, 1.165) is 10.0 Å². The molecular weight excluding hydrogens is 362 g/mol. The highest BCUT2D eigenvalue weighted by molar-refractivity contribution is 9.10. The minimum atomic E-state index is -1.00. The van der Waals surface area contributed by atoms with Gasteiger partial charge in [-0.2, -0.15) is 0 Å². The Hall–Kier alpha value is -1.40. The van der Waals surface area contributed by atoms with Crippen LogP contribution in [0, 0.1) is 5.41 Å². The highest BCUT2D eigenvalue weighted by atomic mass is 79.9. The number of carbonyl (C=O) groups excluding carboxylic acids is 1. The highest BCUT2D eigenvalue weighted by Crippen LogP contribution is 2.36. The Morgan fingerprint density at radius 3 is 2.57 bits per heavy atom. The lowest BCUT2D eigenvalue weighted by atomic mass is 9.73. The first-order valence-electron chi connectivity index (χ1n) is 7.63. The van der Waals surface area contributed by atoms with Gasteiger partial charge in [0, 0.05) is 24.2 Å². The van der Waals surface area contributed by atoms with E-state index in [2.05, 4.69) is 21.2 Å². The Kier molecular flexibility index (Phi) is 5.47. The average Bonchev–Trinajstić information content (AvgIpc) is 2.53. The maximum atomic E-state index is 12.9. The summed E-state index contributed by atoms with van der Waals surface area (Å²) in [5, 5.41) is 12.0. The van der Waals surface area contributed by atoms with Crippen molar-refractivity contribution >= 4 is 27.8 Å². The molecule has 0 radical (unpaired) electrons. The van der Waals surface area contributed by atoms with Crippen molar-refractivity contribution in [2.24, 2.45) is 5.41 Å². The van der Waals surface area contributed by atoms with Crippen LogP contribution in [0.1, 0.15) is 32.3 Å². The van der Waals surface area contributed by atoms with E-state index in [9.17, 15) is 14.7 Å². The van der Waals surface area contributed by atoms with Crippen LogP contribution in [0.25, 0.3) is 0 Å². The van der Waals surface area contributed by atoms with Crippen molar-refractivity contribution in [2.75, 3.05) is 19.8 Å². The summed E-state index contributed by atoms with van der Waals surface area (Å²) in [7, 11) is 0. The maximum absolute atomic E-state index is 12.9. The number of carbonyl (C=O) groups is 2. The van der Waals surface area contributed by atoms with Gasteiger partial charge in [0.15, 0.2) is 0 Å². The van der Waals surface area contributed by atoms with Crippen molar-refractivity contribution in [3.8, 4) is 0 Å². The van der Waals surface area contributed by atoms with Crippen LogP contribution in [-0.4, -0.2) is 36.7 Å². The zero-order valence-corrected chi connectivity index (χ0v) is 15.0. The molecule has 0 atom stereocenters. The fraction of sp³-hybridized carbons (Fsp3) is 0.529. The lowest BCUT2D eigenvalue weighted by molar-refractivity contribution is -0.147. The molecule has 0 aromatic heterocycles. The third-order valence-corrected chi connectivity index (χ3v) is 4.92. The number of ether oxygens (including phenoxy) is 1. The summed E-state index contributed by atoms with van der Waals surface area (Å²) in [5.41, 5.74) is -0.739. The number of carboxylic acids is 1. The predicted molar refractivity (Wildman–Crippen MR) is 90.3 cm³/mol. The Balaban J connectivity index is 2.25. The van der Waals surface area contributed by atoms with Crippen LogP contribution in [0.2, 0.25) is 0 Å². The molecule has 1 aliphatic heterocycles. The Bertz CT molecular complexity index is 594. The molecular formula is C17H22BrNO4. The predicted octanol–water partition coefficient (Wildman–Crippen LogP) is 2.72. The van der Waals surface area contributed by atoms with E-state index >= 15 is 0 Å². The highest BCUT2D eigenvalue weighted by Gasteiger charge is 2.42. The number of hydrogen-bond donors (Lipinski definition) is 2. The van der Waals surface area contributed by atoms with Gasteiger partial charge in [-0.3, -0.25) is 9.59 Å². The summed E-state index contributed by atoms with van der Waals surface area (Å²) in [4.78, 5) is 24.2. The Labute approximate surface area is 144 Å². The second kappa shape index (κ2) is 7.01. The molecule has 0 bridgehead atoms. The van der Waals surface area contributed by atoms with Crippen LogP contribution in [-0.2, 0) is 19.7 Å². The van der Waals surface area contributed by atoms with Crippen LogP contribution < -0.4 is 5.32 Å². The molecule has 0 aliphatic carbocycles. The van der Waals surface area contributed by atoms with Crippen molar-refractivity contribution < 1.29 is 19.4 Å². The van der Waals surface area contributed by atoms with Crippen molar-refractivity contribution in [1.29, 1.82) is 0 Å². The summed E-state index contributed by atoms with van der Waals surface area (Å²) in [5.74, 6) is -1.06. The summed E-state index contributed by atoms with van der Waals surface area (Å²) >= 11 is 3.45. The molecule has 1 amide bonds. The van der Waals surface area contributed by atoms with Gasteiger partial charge in [0.05, 0.1) is 10.8 Å². The summed E-state index contributed by atoms with van der Waals surface area (Å²) in [6, 6.07) is 7.72. The molecule has 0 saturated carbocycles. The average molecular weight is 384 g/mol. The molecule has 1 saturated heterocycles. The van der Waals surface area contributed by atoms with Gasteiger partial charge in [-0.05, 0) is 44.4 Å². The number of halogens is 1. The molecule has 0 unspecified atom stereocenters. The molecule has 2 rings (SSSR count). The first-order chi connectivity index (χ1) is 10.8. The van der Waals surface area contributed by atoms with Crippen molar-refractivity contribution in [3.05, 3.63) is 34.3 Å². The smallest absolute Gasteiger partial charge is 0.310 e. The number of rotatable bonds is 5. The van der Waals surface area contributed by atoms with Gasteiger partial charge >= 0.3 is 5.97 Å². The lowest BCUT2D eigenvalue weighted by Gasteiger charge is -2.37. The zero-order chi connectivity index (χ0) is 17.1. The van der Waals surface area contributed by atoms with Gasteiger partial charge < -0.3 is 15.2 Å². The number of amides is 1. The summed E-state index contributed by atoms with van der Waals surface area (Å²) in [6.45, 7) is 4.33. The van der Waals surface area contributed by atoms with E-state index in [1.807, 2.05) is 24.3 Å². The van der Waals surface area contributed by atoms with Gasteiger partial charge in [0.2, 0.25) is 5.91 Å². The first-order valence-corrected chi connectivity index (χ1v) is 8.43. The first kappa shape index (κ1) is 17.9. The minimum Gasteiger partial charge on any atom is -0.481 e. The van der Waals surface area contributed by atoms with E-state index in [4.69, 9.17) is 4.74 Å². The van der Waals surface area contributed by atoms with Gasteiger partial charge in [0.25, 0.3) is 0 Å². The Morgan fingerprint density at radius 1 is 1.35 bits per heavy atom. The summed E-state index contributed by atoms with van der Waals surface area (Å²) in [6.07, 6.45) is 1.17. The quantitative estimate of drug-likeness (QED) is 0.819. The number of aliphatic carboxylic acids is 1. The molecule has 5 nitrogen and oxygen atoms in total. The molecule has 23 heavy (non-hydrogen) atoms. The number of benzene rings is 1. The van der Waals surface area contributed by atoms with Crippen LogP contribution in [0.3, 0.4) is 0 Å². The van der Waals surface area contributed by atoms with Crippen LogP contribution in [0.4, 0.5) is 0 Å². The second-order valence-electron chi connectivity index (χ2n) is 6.58. The molecule has 1 aromatic carbocycles. The normalized spacial score (nSPS) is 17.5. The van der Waals surface area contributed by atoms with Gasteiger partial charge in [0.1, 0.15) is 0 Å². The van der Waals surface area contributed by atoms with Crippen molar-refractivity contribution in [3.63, 3.8) is 0 Å². The SMILES string of the molecule is CC(C)(CNC(=O)C1(c2cccc(Br)c2)CCOCC1)C(=O)O. The third kappa shape index (κ3) is 3.93. The molecule has 126 valence electrons. The largest absolute Gasteiger partial charge is 0.481 e. The van der Waals surface area contributed by atoms with Crippen LogP contribution in [0.15, 0.2) is 28.7 Å². The fourth-order valence-electron chi connectivity index (χ4n) is 2.70. The number of nitrogens with one attached hydrogen (secondary N) is 1. The monoisotopic (exact) mass is 383 g/mol. The van der Waals surface area contributed by atoms with Gasteiger partial charge in [-0.15, -0.1) is 0 Å². The number of hydrogen-bond acceptors (Lipinski definition) is 3. The molecule has 6 heteroatoms. The van der Waals surface area contributed by atoms with Crippen molar-refractivity contribution in [1.82, 2.24) is 5.32 Å². The molecule has 1 fully saturated rings. The van der Waals surface area contributed by atoms with E-state index in [1.54, 1.807) is 13.8 Å². The van der Waals surface area contributed by atoms with E-state index in [1.165, 1.54) is 0 Å². The van der Waals surface area contributed by atoms with Gasteiger partial charge in [-0.25, -0.2) is 0 Å². The minimum absolute atomic E-state index is 0.0950. The lowest BCUT2D eigenvalue weighted by Crippen LogP contribution is -2.50. The zero-order valence-electron chi connectivity index (χ0n) is 13.4. The van der Waals surface area contributed by atoms with Crippen LogP contribution in [0.5, 0.6) is 0 Å². The summed E-state index contributed by atoms with van der Waals surface area (Å²) < 4.78 is 6.34. The topological polar surface area (TPSA) is 75.6 Å². The molecule has 1 heterocycles. The van der Waals surface area contributed by atoms with E-state index < -0.39 is 16.8 Å². The van der Waals surface area contributed by atoms with Crippen molar-refractivity contribution in [2.45, 2.75) is 32.1 Å². The molecule has 2 N–H and O–H groups in total. The third-order valence-electron chi connectivity index (χ3n) is 4.43. The van der Waals surface area contributed by atoms with Crippen LogP contribution >= 0.6 is 15.9 Å². The van der Waals surface area contributed by atoms with E-state index in [-0.39, 0.29) is 12.5 Å². The van der Waals surface area contributed by atoms with Gasteiger partial charge in [-0.1, -0.05) is 28.1 Å². The second-order valence-corrected chi connectivity index (χ2v) is 7.49. The molecule has 0 spiro atoms. The maximum Gasteiger partial charge on any atom is 0.310 e. The molecule has 1 aromatic rings. The fourth-order valence-corrected chi connectivity index (χ4v) is 3.10. The number of carboxylic acid groups (broad SMARTS) is 1. The standard InChI is InChI=1S/C17H22BrNO4/c1-16(2,15(21)22)11-19-14(20)17(6-8-23-9-7-17)12-4-3-5-13(18)10-12/h3-5,10H,6-9,11H2,1-2H3,(H,19,20)(H,21,22). The Morgan fingerprint density at radius 2 is 2.00 bits per heavy atom. The molecule has 1 aliphatic rings.